The Morgan fingerprint density at radius 3 is 2.29 bits per heavy atom. The summed E-state index contributed by atoms with van der Waals surface area (Å²) >= 11 is 0. The summed E-state index contributed by atoms with van der Waals surface area (Å²) in [5, 5.41) is 0. The normalized spacial score (nSPS) is 19.6. The number of halogens is 3. The fourth-order valence-corrected chi connectivity index (χ4v) is 1.76. The Balaban J connectivity index is 2.42. The van der Waals surface area contributed by atoms with E-state index < -0.39 is 12.7 Å². The van der Waals surface area contributed by atoms with Crippen molar-refractivity contribution in [2.24, 2.45) is 10.8 Å². The summed E-state index contributed by atoms with van der Waals surface area (Å²) in [6, 6.07) is 0. The predicted molar refractivity (Wildman–Crippen MR) is 59.4 cm³/mol. The molecule has 5 nitrogen and oxygen atoms in total. The number of aliphatic imine (C=N–C) groups is 1. The molecule has 17 heavy (non-hydrogen) atoms. The van der Waals surface area contributed by atoms with E-state index in [9.17, 15) is 13.2 Å². The number of nitrogens with zero attached hydrogens (tertiary/aromatic N) is 3. The Hall–Kier alpha value is -1.02. The number of hydrazine groups is 1. The van der Waals surface area contributed by atoms with Crippen molar-refractivity contribution in [1.82, 2.24) is 15.2 Å². The van der Waals surface area contributed by atoms with Gasteiger partial charge in [-0.2, -0.15) is 13.2 Å². The van der Waals surface area contributed by atoms with Gasteiger partial charge in [0.2, 0.25) is 5.96 Å². The quantitative estimate of drug-likeness (QED) is 0.315. The van der Waals surface area contributed by atoms with Crippen LogP contribution >= 0.6 is 0 Å². The number of guanidine groups is 1. The summed E-state index contributed by atoms with van der Waals surface area (Å²) in [4.78, 5) is 7.37. The average Bonchev–Trinajstić information content (AvgIpc) is 2.25. The molecule has 1 heterocycles. The highest BCUT2D eigenvalue weighted by Crippen LogP contribution is 2.17. The van der Waals surface area contributed by atoms with Gasteiger partial charge >= 0.3 is 6.18 Å². The van der Waals surface area contributed by atoms with Gasteiger partial charge in [0.25, 0.3) is 0 Å². The summed E-state index contributed by atoms with van der Waals surface area (Å²) in [6.45, 7) is 3.34. The van der Waals surface area contributed by atoms with Gasteiger partial charge in [-0.1, -0.05) is 0 Å². The molecule has 1 fully saturated rings. The van der Waals surface area contributed by atoms with E-state index in [1.807, 2.05) is 11.8 Å². The smallest absolute Gasteiger partial charge is 0.339 e. The van der Waals surface area contributed by atoms with Crippen molar-refractivity contribution in [3.63, 3.8) is 0 Å². The molecule has 0 aromatic rings. The summed E-state index contributed by atoms with van der Waals surface area (Å²) < 4.78 is 36.5. The Bertz CT molecular complexity index is 258. The monoisotopic (exact) mass is 253 g/mol. The lowest BCUT2D eigenvalue weighted by Crippen LogP contribution is -2.55. The Morgan fingerprint density at radius 1 is 1.29 bits per heavy atom. The van der Waals surface area contributed by atoms with Crippen molar-refractivity contribution in [3.05, 3.63) is 0 Å². The second-order valence-electron chi connectivity index (χ2n) is 3.82. The van der Waals surface area contributed by atoms with Crippen LogP contribution in [0.15, 0.2) is 4.99 Å². The third-order valence-electron chi connectivity index (χ3n) is 2.51. The molecule has 0 atom stereocenters. The Labute approximate surface area is 98.4 Å². The number of nitrogens with two attached hydrogens (primary N) is 1. The van der Waals surface area contributed by atoms with E-state index in [0.717, 1.165) is 0 Å². The molecule has 0 aliphatic carbocycles. The first kappa shape index (κ1) is 14.0. The van der Waals surface area contributed by atoms with E-state index >= 15 is 0 Å². The van der Waals surface area contributed by atoms with Gasteiger partial charge in [0.1, 0.15) is 0 Å². The predicted octanol–water partition coefficient (Wildman–Crippen LogP) is 0.00550. The molecule has 1 aliphatic rings. The highest BCUT2D eigenvalue weighted by Gasteiger charge is 2.32. The number of nitrogens with one attached hydrogen (secondary N) is 1. The van der Waals surface area contributed by atoms with E-state index in [2.05, 4.69) is 10.4 Å². The molecule has 0 aromatic carbocycles. The van der Waals surface area contributed by atoms with Crippen LogP contribution in [0.5, 0.6) is 0 Å². The van der Waals surface area contributed by atoms with Crippen molar-refractivity contribution in [1.29, 1.82) is 0 Å². The van der Waals surface area contributed by atoms with Crippen LogP contribution in [0, 0.1) is 0 Å². The molecule has 0 amide bonds. The average molecular weight is 253 g/mol. The second kappa shape index (κ2) is 6.06. The van der Waals surface area contributed by atoms with Gasteiger partial charge < -0.3 is 4.90 Å². The van der Waals surface area contributed by atoms with Crippen molar-refractivity contribution in [3.8, 4) is 0 Å². The fourth-order valence-electron chi connectivity index (χ4n) is 1.76. The molecule has 0 aromatic heterocycles. The zero-order chi connectivity index (χ0) is 12.9. The van der Waals surface area contributed by atoms with Gasteiger partial charge in [-0.25, -0.2) is 5.84 Å². The maximum absolute atomic E-state index is 12.2. The maximum Gasteiger partial charge on any atom is 0.401 e. The summed E-state index contributed by atoms with van der Waals surface area (Å²) in [5.41, 5.74) is 2.47. The Kier molecular flexibility index (Phi) is 5.01. The second-order valence-corrected chi connectivity index (χ2v) is 3.82. The molecule has 100 valence electrons. The van der Waals surface area contributed by atoms with Crippen LogP contribution in [0.4, 0.5) is 13.2 Å². The molecule has 1 saturated heterocycles. The molecular weight excluding hydrogens is 235 g/mol. The molecule has 0 saturated carbocycles. The maximum atomic E-state index is 12.2. The van der Waals surface area contributed by atoms with E-state index in [1.54, 1.807) is 0 Å². The van der Waals surface area contributed by atoms with Gasteiger partial charge in [0.05, 0.1) is 6.54 Å². The first-order valence-corrected chi connectivity index (χ1v) is 5.51. The lowest BCUT2D eigenvalue weighted by molar-refractivity contribution is -0.148. The lowest BCUT2D eigenvalue weighted by Gasteiger charge is -2.36. The summed E-state index contributed by atoms with van der Waals surface area (Å²) in [7, 11) is 0. The van der Waals surface area contributed by atoms with Crippen molar-refractivity contribution in [2.75, 3.05) is 39.3 Å². The zero-order valence-corrected chi connectivity index (χ0v) is 9.80. The largest absolute Gasteiger partial charge is 0.401 e. The van der Waals surface area contributed by atoms with Crippen LogP contribution in [-0.4, -0.2) is 61.2 Å². The molecule has 0 spiro atoms. The number of piperazine rings is 1. The van der Waals surface area contributed by atoms with Crippen LogP contribution < -0.4 is 11.3 Å². The van der Waals surface area contributed by atoms with Crippen molar-refractivity contribution in [2.45, 2.75) is 13.1 Å². The van der Waals surface area contributed by atoms with E-state index in [-0.39, 0.29) is 0 Å². The summed E-state index contributed by atoms with van der Waals surface area (Å²) in [6.07, 6.45) is -4.13. The van der Waals surface area contributed by atoms with Crippen LogP contribution in [-0.2, 0) is 0 Å². The SMILES string of the molecule is CCN=C(NN)N1CCN(CC(F)(F)F)CC1. The minimum absolute atomic E-state index is 0.365. The van der Waals surface area contributed by atoms with Gasteiger partial charge in [0.15, 0.2) is 0 Å². The number of hydrogen-bond donors (Lipinski definition) is 2. The van der Waals surface area contributed by atoms with Gasteiger partial charge in [-0.05, 0) is 6.92 Å². The van der Waals surface area contributed by atoms with Gasteiger partial charge in [-0.15, -0.1) is 0 Å². The molecule has 0 bridgehead atoms. The van der Waals surface area contributed by atoms with Crippen LogP contribution in [0.1, 0.15) is 6.92 Å². The minimum atomic E-state index is -4.13. The standard InChI is InChI=1S/C9H18F3N5/c1-2-14-8(15-13)17-5-3-16(4-6-17)7-9(10,11)12/h2-7,13H2,1H3,(H,14,15). The molecule has 1 rings (SSSR count). The zero-order valence-electron chi connectivity index (χ0n) is 9.80. The van der Waals surface area contributed by atoms with E-state index in [1.165, 1.54) is 4.90 Å². The topological polar surface area (TPSA) is 56.9 Å². The van der Waals surface area contributed by atoms with E-state index in [0.29, 0.717) is 38.7 Å². The Morgan fingerprint density at radius 2 is 1.88 bits per heavy atom. The number of rotatable bonds is 2. The van der Waals surface area contributed by atoms with Crippen molar-refractivity contribution >= 4 is 5.96 Å². The van der Waals surface area contributed by atoms with E-state index in [4.69, 9.17) is 5.84 Å². The minimum Gasteiger partial charge on any atom is -0.339 e. The first-order chi connectivity index (χ1) is 7.96. The molecule has 3 N–H and O–H groups in total. The third-order valence-corrected chi connectivity index (χ3v) is 2.51. The van der Waals surface area contributed by atoms with Crippen LogP contribution in [0.3, 0.4) is 0 Å². The number of alkyl halides is 3. The van der Waals surface area contributed by atoms with Crippen molar-refractivity contribution < 1.29 is 13.2 Å². The third kappa shape index (κ3) is 4.78. The molecule has 0 radical (unpaired) electrons. The van der Waals surface area contributed by atoms with Crippen LogP contribution in [0.25, 0.3) is 0 Å². The lowest BCUT2D eigenvalue weighted by atomic mass is 10.3. The first-order valence-electron chi connectivity index (χ1n) is 5.51. The molecular formula is C9H18F3N5. The highest BCUT2D eigenvalue weighted by atomic mass is 19.4. The number of hydrogen-bond acceptors (Lipinski definition) is 3. The molecule has 0 unspecified atom stereocenters. The molecule has 1 aliphatic heterocycles. The highest BCUT2D eigenvalue weighted by molar-refractivity contribution is 5.79. The van der Waals surface area contributed by atoms with Crippen LogP contribution in [0.2, 0.25) is 0 Å². The van der Waals surface area contributed by atoms with Gasteiger partial charge in [-0.3, -0.25) is 15.3 Å². The molecule has 8 heteroatoms. The van der Waals surface area contributed by atoms with Gasteiger partial charge in [0, 0.05) is 32.7 Å². The fraction of sp³-hybridized carbons (Fsp3) is 0.889. The summed E-state index contributed by atoms with van der Waals surface area (Å²) in [5.74, 6) is 5.85.